The van der Waals surface area contributed by atoms with Crippen LogP contribution in [0.15, 0.2) is 12.7 Å². The third-order valence-electron chi connectivity index (χ3n) is 4.59. The van der Waals surface area contributed by atoms with Gasteiger partial charge in [0.25, 0.3) is 0 Å². The first-order valence-corrected chi connectivity index (χ1v) is 7.66. The van der Waals surface area contributed by atoms with Crippen LogP contribution in [0.5, 0.6) is 0 Å². The Bertz CT molecular complexity index is 225. The molecule has 1 saturated carbocycles. The lowest BCUT2D eigenvalue weighted by Gasteiger charge is -2.37. The van der Waals surface area contributed by atoms with E-state index in [2.05, 4.69) is 25.9 Å². The molecule has 2 nitrogen and oxygen atoms in total. The van der Waals surface area contributed by atoms with E-state index < -0.39 is 0 Å². The maximum absolute atomic E-state index is 5.75. The van der Waals surface area contributed by atoms with Crippen LogP contribution >= 0.6 is 0 Å². The highest BCUT2D eigenvalue weighted by Gasteiger charge is 2.30. The fourth-order valence-electron chi connectivity index (χ4n) is 3.11. The number of allylic oxidation sites excluding steroid dienone is 1. The highest BCUT2D eigenvalue weighted by molar-refractivity contribution is 4.84. The zero-order valence-electron chi connectivity index (χ0n) is 12.4. The monoisotopic (exact) mass is 252 g/mol. The maximum atomic E-state index is 5.75. The van der Waals surface area contributed by atoms with Crippen molar-refractivity contribution in [1.29, 1.82) is 0 Å². The van der Waals surface area contributed by atoms with Gasteiger partial charge < -0.3 is 0 Å². The van der Waals surface area contributed by atoms with Crippen LogP contribution in [0.2, 0.25) is 0 Å². The van der Waals surface area contributed by atoms with Crippen LogP contribution < -0.4 is 11.3 Å². The van der Waals surface area contributed by atoms with Crippen molar-refractivity contribution in [3.05, 3.63) is 12.7 Å². The fourth-order valence-corrected chi connectivity index (χ4v) is 3.11. The van der Waals surface area contributed by atoms with Crippen LogP contribution in [0.4, 0.5) is 0 Å². The molecule has 1 rings (SSSR count). The minimum atomic E-state index is 0.532. The number of unbranched alkanes of at least 4 members (excludes halogenated alkanes) is 3. The molecule has 0 aromatic carbocycles. The molecule has 0 heterocycles. The first kappa shape index (κ1) is 15.7. The third kappa shape index (κ3) is 5.53. The van der Waals surface area contributed by atoms with E-state index in [1.165, 1.54) is 51.4 Å². The van der Waals surface area contributed by atoms with E-state index in [9.17, 15) is 0 Å². The number of hydrogen-bond donors (Lipinski definition) is 2. The fraction of sp³-hybridized carbons (Fsp3) is 0.875. The van der Waals surface area contributed by atoms with Crippen molar-refractivity contribution >= 4 is 0 Å². The Morgan fingerprint density at radius 1 is 1.28 bits per heavy atom. The smallest absolute Gasteiger partial charge is 0.0238 e. The normalized spacial score (nSPS) is 21.7. The van der Waals surface area contributed by atoms with Gasteiger partial charge in [-0.15, -0.1) is 6.58 Å². The van der Waals surface area contributed by atoms with Crippen molar-refractivity contribution in [2.45, 2.75) is 77.7 Å². The number of nitrogens with one attached hydrogen (secondary N) is 1. The van der Waals surface area contributed by atoms with Crippen LogP contribution in [0.3, 0.4) is 0 Å². The lowest BCUT2D eigenvalue weighted by Crippen LogP contribution is -2.43. The Morgan fingerprint density at radius 2 is 1.94 bits per heavy atom. The molecule has 106 valence electrons. The third-order valence-corrected chi connectivity index (χ3v) is 4.59. The van der Waals surface area contributed by atoms with E-state index in [0.717, 1.165) is 12.3 Å². The Morgan fingerprint density at radius 3 is 2.50 bits per heavy atom. The second kappa shape index (κ2) is 7.96. The average molecular weight is 252 g/mol. The van der Waals surface area contributed by atoms with Crippen LogP contribution in [0.1, 0.15) is 71.6 Å². The molecule has 1 fully saturated rings. The second-order valence-corrected chi connectivity index (χ2v) is 6.70. The molecular weight excluding hydrogens is 220 g/mol. The highest BCUT2D eigenvalue weighted by Crippen LogP contribution is 2.39. The molecule has 0 aliphatic heterocycles. The molecule has 1 unspecified atom stereocenters. The quantitative estimate of drug-likeness (QED) is 0.294. The largest absolute Gasteiger partial charge is 0.271 e. The van der Waals surface area contributed by atoms with Crippen molar-refractivity contribution in [3.63, 3.8) is 0 Å². The lowest BCUT2D eigenvalue weighted by molar-refractivity contribution is 0.156. The minimum absolute atomic E-state index is 0.532. The molecule has 0 bridgehead atoms. The summed E-state index contributed by atoms with van der Waals surface area (Å²) in [6.07, 6.45) is 13.7. The number of hydrazine groups is 1. The average Bonchev–Trinajstić information content (AvgIpc) is 2.35. The standard InChI is InChI=1S/C16H32N2/c1-4-5-6-7-8-9-15(18-17)14-10-12-16(2,3)13-11-14/h4,14-15,18H,1,5-13,17H2,2-3H3. The second-order valence-electron chi connectivity index (χ2n) is 6.70. The number of rotatable bonds is 8. The van der Waals surface area contributed by atoms with Gasteiger partial charge in [0, 0.05) is 6.04 Å². The van der Waals surface area contributed by atoms with Gasteiger partial charge in [-0.05, 0) is 56.3 Å². The summed E-state index contributed by atoms with van der Waals surface area (Å²) >= 11 is 0. The van der Waals surface area contributed by atoms with E-state index in [-0.39, 0.29) is 0 Å². The molecule has 0 amide bonds. The molecule has 0 aromatic heterocycles. The molecule has 0 radical (unpaired) electrons. The predicted octanol–water partition coefficient (Wildman–Crippen LogP) is 4.17. The number of hydrogen-bond acceptors (Lipinski definition) is 2. The topological polar surface area (TPSA) is 38.0 Å². The van der Waals surface area contributed by atoms with E-state index in [1.54, 1.807) is 0 Å². The molecule has 2 heteroatoms. The molecule has 18 heavy (non-hydrogen) atoms. The van der Waals surface area contributed by atoms with Crippen molar-refractivity contribution in [1.82, 2.24) is 5.43 Å². The van der Waals surface area contributed by atoms with Gasteiger partial charge in [-0.2, -0.15) is 0 Å². The molecule has 0 saturated heterocycles. The summed E-state index contributed by atoms with van der Waals surface area (Å²) in [5, 5.41) is 0. The summed E-state index contributed by atoms with van der Waals surface area (Å²) in [6, 6.07) is 0.532. The summed E-state index contributed by atoms with van der Waals surface area (Å²) in [6.45, 7) is 8.55. The molecule has 0 spiro atoms. The summed E-state index contributed by atoms with van der Waals surface area (Å²) in [4.78, 5) is 0. The molecule has 3 N–H and O–H groups in total. The first-order valence-electron chi connectivity index (χ1n) is 7.66. The van der Waals surface area contributed by atoms with E-state index in [1.807, 2.05) is 6.08 Å². The van der Waals surface area contributed by atoms with Crippen LogP contribution in [-0.4, -0.2) is 6.04 Å². The zero-order valence-corrected chi connectivity index (χ0v) is 12.4. The van der Waals surface area contributed by atoms with Crippen molar-refractivity contribution in [2.75, 3.05) is 0 Å². The first-order chi connectivity index (χ1) is 8.59. The molecular formula is C16H32N2. The van der Waals surface area contributed by atoms with Gasteiger partial charge in [0.2, 0.25) is 0 Å². The van der Waals surface area contributed by atoms with Gasteiger partial charge >= 0.3 is 0 Å². The Balaban J connectivity index is 2.22. The van der Waals surface area contributed by atoms with E-state index in [0.29, 0.717) is 11.5 Å². The van der Waals surface area contributed by atoms with Crippen LogP contribution in [-0.2, 0) is 0 Å². The van der Waals surface area contributed by atoms with Gasteiger partial charge in [-0.1, -0.05) is 32.8 Å². The summed E-state index contributed by atoms with van der Waals surface area (Å²) in [7, 11) is 0. The van der Waals surface area contributed by atoms with E-state index >= 15 is 0 Å². The Labute approximate surface area is 113 Å². The van der Waals surface area contributed by atoms with Crippen molar-refractivity contribution in [2.24, 2.45) is 17.2 Å². The van der Waals surface area contributed by atoms with Crippen molar-refractivity contribution < 1.29 is 0 Å². The van der Waals surface area contributed by atoms with Gasteiger partial charge in [0.05, 0.1) is 0 Å². The van der Waals surface area contributed by atoms with Crippen molar-refractivity contribution in [3.8, 4) is 0 Å². The van der Waals surface area contributed by atoms with E-state index in [4.69, 9.17) is 5.84 Å². The lowest BCUT2D eigenvalue weighted by atomic mass is 9.70. The maximum Gasteiger partial charge on any atom is 0.0238 e. The zero-order chi connectivity index (χ0) is 13.4. The summed E-state index contributed by atoms with van der Waals surface area (Å²) < 4.78 is 0. The van der Waals surface area contributed by atoms with Gasteiger partial charge in [-0.25, -0.2) is 0 Å². The molecule has 1 aliphatic carbocycles. The molecule has 1 atom stereocenters. The Kier molecular flexibility index (Phi) is 6.95. The summed E-state index contributed by atoms with van der Waals surface area (Å²) in [5.41, 5.74) is 3.63. The Hall–Kier alpha value is -0.340. The highest BCUT2D eigenvalue weighted by atomic mass is 15.2. The predicted molar refractivity (Wildman–Crippen MR) is 80.1 cm³/mol. The minimum Gasteiger partial charge on any atom is -0.271 e. The molecule has 0 aromatic rings. The van der Waals surface area contributed by atoms with Gasteiger partial charge in [0.15, 0.2) is 0 Å². The SMILES string of the molecule is C=CCCCCCC(NN)C1CCC(C)(C)CC1. The summed E-state index contributed by atoms with van der Waals surface area (Å²) in [5.74, 6) is 6.54. The van der Waals surface area contributed by atoms with Gasteiger partial charge in [-0.3, -0.25) is 11.3 Å². The van der Waals surface area contributed by atoms with Crippen LogP contribution in [0.25, 0.3) is 0 Å². The molecule has 1 aliphatic rings. The number of nitrogens with two attached hydrogens (primary N) is 1. The van der Waals surface area contributed by atoms with Crippen LogP contribution in [0, 0.1) is 11.3 Å². The van der Waals surface area contributed by atoms with Gasteiger partial charge in [0.1, 0.15) is 0 Å².